The van der Waals surface area contributed by atoms with Crippen molar-refractivity contribution in [1.29, 1.82) is 5.26 Å². The van der Waals surface area contributed by atoms with Gasteiger partial charge in [0.15, 0.2) is 0 Å². The molecule has 0 fully saturated rings. The van der Waals surface area contributed by atoms with Gasteiger partial charge in [-0.2, -0.15) is 5.26 Å². The van der Waals surface area contributed by atoms with E-state index in [1.54, 1.807) is 0 Å². The SMILES string of the molecule is CC(C#N)NCCc1ccc2c(c1)ncn2C. The standard InChI is InChI=1S/C13H16N4/c1-10(8-14)15-6-5-11-3-4-13-12(7-11)16-9-17(13)2/h3-4,7,9-10,15H,5-6H2,1-2H3. The number of nitrogens with zero attached hydrogens (tertiary/aromatic N) is 3. The predicted molar refractivity (Wildman–Crippen MR) is 67.5 cm³/mol. The molecule has 0 radical (unpaired) electrons. The molecule has 0 saturated carbocycles. The van der Waals surface area contributed by atoms with Crippen LogP contribution >= 0.6 is 0 Å². The molecule has 2 rings (SSSR count). The summed E-state index contributed by atoms with van der Waals surface area (Å²) in [6.45, 7) is 2.68. The van der Waals surface area contributed by atoms with Gasteiger partial charge in [-0.1, -0.05) is 6.07 Å². The molecular weight excluding hydrogens is 212 g/mol. The molecule has 1 atom stereocenters. The van der Waals surface area contributed by atoms with E-state index in [0.717, 1.165) is 24.0 Å². The largest absolute Gasteiger partial charge is 0.334 e. The van der Waals surface area contributed by atoms with Crippen LogP contribution in [0.25, 0.3) is 11.0 Å². The minimum Gasteiger partial charge on any atom is -0.334 e. The van der Waals surface area contributed by atoms with E-state index in [2.05, 4.69) is 34.6 Å². The molecule has 0 bridgehead atoms. The van der Waals surface area contributed by atoms with Crippen molar-refractivity contribution in [3.8, 4) is 6.07 Å². The average Bonchev–Trinajstić information content (AvgIpc) is 2.70. The molecule has 0 saturated heterocycles. The highest BCUT2D eigenvalue weighted by molar-refractivity contribution is 5.75. The highest BCUT2D eigenvalue weighted by Gasteiger charge is 2.02. The molecule has 2 aromatic rings. The monoisotopic (exact) mass is 228 g/mol. The lowest BCUT2D eigenvalue weighted by molar-refractivity contribution is 0.641. The molecule has 1 unspecified atom stereocenters. The third kappa shape index (κ3) is 2.63. The van der Waals surface area contributed by atoms with Crippen molar-refractivity contribution in [3.05, 3.63) is 30.1 Å². The van der Waals surface area contributed by atoms with Gasteiger partial charge in [-0.05, 0) is 31.0 Å². The number of fused-ring (bicyclic) bond motifs is 1. The summed E-state index contributed by atoms with van der Waals surface area (Å²) in [6.07, 6.45) is 2.74. The second-order valence-corrected chi connectivity index (χ2v) is 4.23. The molecule has 1 heterocycles. The Morgan fingerprint density at radius 1 is 1.53 bits per heavy atom. The summed E-state index contributed by atoms with van der Waals surface area (Å²) in [4.78, 5) is 4.33. The summed E-state index contributed by atoms with van der Waals surface area (Å²) >= 11 is 0. The number of rotatable bonds is 4. The molecule has 1 aromatic heterocycles. The molecular formula is C13H16N4. The Kier molecular flexibility index (Phi) is 3.40. The van der Waals surface area contributed by atoms with Crippen LogP contribution in [0.1, 0.15) is 12.5 Å². The lowest BCUT2D eigenvalue weighted by atomic mass is 10.1. The Balaban J connectivity index is 2.02. The average molecular weight is 228 g/mol. The third-order valence-corrected chi connectivity index (χ3v) is 2.85. The minimum atomic E-state index is -0.0893. The molecule has 0 amide bonds. The Bertz CT molecular complexity index is 550. The number of benzene rings is 1. The summed E-state index contributed by atoms with van der Waals surface area (Å²) in [5.41, 5.74) is 3.42. The molecule has 4 heteroatoms. The van der Waals surface area contributed by atoms with Crippen molar-refractivity contribution in [2.24, 2.45) is 7.05 Å². The Hall–Kier alpha value is -1.86. The van der Waals surface area contributed by atoms with Gasteiger partial charge in [0, 0.05) is 13.6 Å². The van der Waals surface area contributed by atoms with E-state index < -0.39 is 0 Å². The fraction of sp³-hybridized carbons (Fsp3) is 0.385. The van der Waals surface area contributed by atoms with E-state index >= 15 is 0 Å². The van der Waals surface area contributed by atoms with E-state index in [0.29, 0.717) is 0 Å². The highest BCUT2D eigenvalue weighted by atomic mass is 15.0. The second-order valence-electron chi connectivity index (χ2n) is 4.23. The van der Waals surface area contributed by atoms with E-state index in [-0.39, 0.29) is 6.04 Å². The van der Waals surface area contributed by atoms with Gasteiger partial charge in [-0.15, -0.1) is 0 Å². The van der Waals surface area contributed by atoms with Crippen molar-refractivity contribution >= 4 is 11.0 Å². The zero-order valence-corrected chi connectivity index (χ0v) is 10.1. The Labute approximate surface area is 101 Å². The summed E-state index contributed by atoms with van der Waals surface area (Å²) in [5, 5.41) is 11.8. The number of aryl methyl sites for hydroxylation is 1. The lowest BCUT2D eigenvalue weighted by Gasteiger charge is -2.06. The number of imidazole rings is 1. The van der Waals surface area contributed by atoms with Gasteiger partial charge in [-0.3, -0.25) is 0 Å². The van der Waals surface area contributed by atoms with Crippen LogP contribution in [0.3, 0.4) is 0 Å². The normalized spacial score (nSPS) is 12.5. The maximum absolute atomic E-state index is 8.65. The molecule has 17 heavy (non-hydrogen) atoms. The molecule has 0 aliphatic carbocycles. The lowest BCUT2D eigenvalue weighted by Crippen LogP contribution is -2.26. The van der Waals surface area contributed by atoms with Gasteiger partial charge in [0.2, 0.25) is 0 Å². The quantitative estimate of drug-likeness (QED) is 0.865. The van der Waals surface area contributed by atoms with E-state index in [1.807, 2.05) is 24.9 Å². The van der Waals surface area contributed by atoms with Crippen LogP contribution in [-0.2, 0) is 13.5 Å². The fourth-order valence-corrected chi connectivity index (χ4v) is 1.82. The first kappa shape index (κ1) is 11.6. The van der Waals surface area contributed by atoms with Crippen LogP contribution in [0.2, 0.25) is 0 Å². The number of hydrogen-bond donors (Lipinski definition) is 1. The van der Waals surface area contributed by atoms with Crippen LogP contribution in [0, 0.1) is 11.3 Å². The molecule has 0 spiro atoms. The van der Waals surface area contributed by atoms with Gasteiger partial charge in [0.05, 0.1) is 29.5 Å². The van der Waals surface area contributed by atoms with E-state index in [9.17, 15) is 0 Å². The number of hydrogen-bond acceptors (Lipinski definition) is 3. The van der Waals surface area contributed by atoms with Gasteiger partial charge in [0.1, 0.15) is 0 Å². The molecule has 88 valence electrons. The minimum absolute atomic E-state index is 0.0893. The first-order valence-electron chi connectivity index (χ1n) is 5.73. The maximum atomic E-state index is 8.65. The van der Waals surface area contributed by atoms with E-state index in [4.69, 9.17) is 5.26 Å². The number of nitriles is 1. The summed E-state index contributed by atoms with van der Waals surface area (Å²) in [6, 6.07) is 8.38. The number of nitrogens with one attached hydrogen (secondary N) is 1. The maximum Gasteiger partial charge on any atom is 0.0955 e. The van der Waals surface area contributed by atoms with Crippen LogP contribution in [0.4, 0.5) is 0 Å². The second kappa shape index (κ2) is 4.98. The molecule has 1 aromatic carbocycles. The van der Waals surface area contributed by atoms with Crippen molar-refractivity contribution in [2.75, 3.05) is 6.54 Å². The predicted octanol–water partition coefficient (Wildman–Crippen LogP) is 1.62. The third-order valence-electron chi connectivity index (χ3n) is 2.85. The van der Waals surface area contributed by atoms with Gasteiger partial charge >= 0.3 is 0 Å². The van der Waals surface area contributed by atoms with Crippen LogP contribution in [-0.4, -0.2) is 22.1 Å². The van der Waals surface area contributed by atoms with Crippen LogP contribution < -0.4 is 5.32 Å². The van der Waals surface area contributed by atoms with Crippen LogP contribution in [0.15, 0.2) is 24.5 Å². The first-order chi connectivity index (χ1) is 8.20. The van der Waals surface area contributed by atoms with Crippen molar-refractivity contribution in [3.63, 3.8) is 0 Å². The van der Waals surface area contributed by atoms with Crippen molar-refractivity contribution < 1.29 is 0 Å². The zero-order chi connectivity index (χ0) is 12.3. The van der Waals surface area contributed by atoms with Gasteiger partial charge in [0.25, 0.3) is 0 Å². The Morgan fingerprint density at radius 2 is 2.35 bits per heavy atom. The zero-order valence-electron chi connectivity index (χ0n) is 10.1. The summed E-state index contributed by atoms with van der Waals surface area (Å²) in [5.74, 6) is 0. The van der Waals surface area contributed by atoms with Crippen molar-refractivity contribution in [2.45, 2.75) is 19.4 Å². The first-order valence-corrected chi connectivity index (χ1v) is 5.73. The molecule has 0 aliphatic heterocycles. The topological polar surface area (TPSA) is 53.6 Å². The molecule has 4 nitrogen and oxygen atoms in total. The summed E-state index contributed by atoms with van der Waals surface area (Å²) in [7, 11) is 1.99. The van der Waals surface area contributed by atoms with Gasteiger partial charge in [-0.25, -0.2) is 4.98 Å². The smallest absolute Gasteiger partial charge is 0.0955 e. The van der Waals surface area contributed by atoms with E-state index in [1.165, 1.54) is 5.56 Å². The van der Waals surface area contributed by atoms with Crippen molar-refractivity contribution in [1.82, 2.24) is 14.9 Å². The Morgan fingerprint density at radius 3 is 3.12 bits per heavy atom. The van der Waals surface area contributed by atoms with Crippen LogP contribution in [0.5, 0.6) is 0 Å². The molecule has 1 N–H and O–H groups in total. The molecule has 0 aliphatic rings. The summed E-state index contributed by atoms with van der Waals surface area (Å²) < 4.78 is 2.01. The fourth-order valence-electron chi connectivity index (χ4n) is 1.82. The number of aromatic nitrogens is 2. The van der Waals surface area contributed by atoms with Gasteiger partial charge < -0.3 is 9.88 Å². The highest BCUT2D eigenvalue weighted by Crippen LogP contribution is 2.13.